The van der Waals surface area contributed by atoms with Crippen molar-refractivity contribution >= 4 is 21.6 Å². The van der Waals surface area contributed by atoms with Crippen molar-refractivity contribution in [3.63, 3.8) is 0 Å². The summed E-state index contributed by atoms with van der Waals surface area (Å²) in [6, 6.07) is 10.1. The smallest absolute Gasteiger partial charge is 0.270 e. The SMILES string of the molecule is Cc1cccc(N2CCN(C(=O)c3cc(S(=O)(=O)N4CCOCC4)cn3C)C[C@H]2C)c1. The lowest BCUT2D eigenvalue weighted by molar-refractivity contribution is 0.0716. The fourth-order valence-corrected chi connectivity index (χ4v) is 5.80. The van der Waals surface area contributed by atoms with E-state index in [4.69, 9.17) is 4.74 Å². The number of carbonyl (C=O) groups is 1. The average molecular weight is 447 g/mol. The number of benzene rings is 1. The molecule has 2 aromatic rings. The van der Waals surface area contributed by atoms with E-state index in [-0.39, 0.29) is 16.8 Å². The van der Waals surface area contributed by atoms with E-state index in [0.717, 1.165) is 12.2 Å². The minimum atomic E-state index is -3.63. The normalized spacial score (nSPS) is 20.8. The van der Waals surface area contributed by atoms with E-state index in [0.29, 0.717) is 45.1 Å². The predicted octanol–water partition coefficient (Wildman–Crippen LogP) is 1.71. The molecule has 9 heteroatoms. The van der Waals surface area contributed by atoms with Crippen LogP contribution in [-0.4, -0.2) is 80.1 Å². The Bertz CT molecular complexity index is 1060. The first-order valence-electron chi connectivity index (χ1n) is 10.6. The summed E-state index contributed by atoms with van der Waals surface area (Å²) in [5.74, 6) is -0.137. The average Bonchev–Trinajstić information content (AvgIpc) is 3.16. The number of nitrogens with zero attached hydrogens (tertiary/aromatic N) is 4. The molecule has 3 heterocycles. The molecule has 0 saturated carbocycles. The van der Waals surface area contributed by atoms with Crippen LogP contribution >= 0.6 is 0 Å². The van der Waals surface area contributed by atoms with Crippen molar-refractivity contribution in [1.29, 1.82) is 0 Å². The van der Waals surface area contributed by atoms with Crippen LogP contribution in [0.3, 0.4) is 0 Å². The first-order chi connectivity index (χ1) is 14.8. The fraction of sp³-hybridized carbons (Fsp3) is 0.500. The maximum atomic E-state index is 13.2. The molecule has 1 aromatic carbocycles. The third-order valence-corrected chi connectivity index (χ3v) is 7.92. The maximum absolute atomic E-state index is 13.2. The third kappa shape index (κ3) is 4.35. The summed E-state index contributed by atoms with van der Waals surface area (Å²) >= 11 is 0. The number of sulfonamides is 1. The summed E-state index contributed by atoms with van der Waals surface area (Å²) in [7, 11) is -1.91. The van der Waals surface area contributed by atoms with Crippen LogP contribution in [0, 0.1) is 6.92 Å². The van der Waals surface area contributed by atoms with Gasteiger partial charge in [0.2, 0.25) is 10.0 Å². The van der Waals surface area contributed by atoms with E-state index in [2.05, 4.69) is 43.0 Å². The standard InChI is InChI=1S/C22H30N4O4S/c1-17-5-4-6-19(13-17)26-8-7-24(15-18(26)2)22(27)21-14-20(16-23(21)3)31(28,29)25-9-11-30-12-10-25/h4-6,13-14,16,18H,7-12,15H2,1-3H3/t18-/m1/s1. The minimum absolute atomic E-state index is 0.137. The van der Waals surface area contributed by atoms with Crippen LogP contribution in [0.4, 0.5) is 5.69 Å². The quantitative estimate of drug-likeness (QED) is 0.715. The van der Waals surface area contributed by atoms with E-state index >= 15 is 0 Å². The van der Waals surface area contributed by atoms with Gasteiger partial charge >= 0.3 is 0 Å². The molecule has 2 aliphatic heterocycles. The number of piperazine rings is 1. The largest absolute Gasteiger partial charge is 0.379 e. The zero-order valence-corrected chi connectivity index (χ0v) is 19.1. The fourth-order valence-electron chi connectivity index (χ4n) is 4.32. The number of hydrogen-bond donors (Lipinski definition) is 0. The second-order valence-corrected chi connectivity index (χ2v) is 10.3. The molecule has 0 aliphatic carbocycles. The van der Waals surface area contributed by atoms with Gasteiger partial charge in [-0.15, -0.1) is 0 Å². The molecule has 0 radical (unpaired) electrons. The number of ether oxygens (including phenoxy) is 1. The van der Waals surface area contributed by atoms with E-state index < -0.39 is 10.0 Å². The zero-order valence-electron chi connectivity index (χ0n) is 18.3. The lowest BCUT2D eigenvalue weighted by atomic mass is 10.1. The van der Waals surface area contributed by atoms with E-state index in [1.54, 1.807) is 11.6 Å². The Morgan fingerprint density at radius 2 is 1.84 bits per heavy atom. The predicted molar refractivity (Wildman–Crippen MR) is 119 cm³/mol. The Hall–Kier alpha value is -2.36. The van der Waals surface area contributed by atoms with Crippen molar-refractivity contribution in [3.8, 4) is 0 Å². The van der Waals surface area contributed by atoms with Crippen LogP contribution < -0.4 is 4.90 Å². The van der Waals surface area contributed by atoms with Gasteiger partial charge in [0.1, 0.15) is 10.6 Å². The topological polar surface area (TPSA) is 75.1 Å². The Morgan fingerprint density at radius 3 is 2.52 bits per heavy atom. The maximum Gasteiger partial charge on any atom is 0.270 e. The number of carbonyl (C=O) groups excluding carboxylic acids is 1. The Morgan fingerprint density at radius 1 is 1.10 bits per heavy atom. The number of amides is 1. The highest BCUT2D eigenvalue weighted by molar-refractivity contribution is 7.89. The van der Waals surface area contributed by atoms with Crippen molar-refractivity contribution in [2.24, 2.45) is 7.05 Å². The molecule has 0 spiro atoms. The molecular weight excluding hydrogens is 416 g/mol. The molecule has 2 saturated heterocycles. The molecule has 1 aromatic heterocycles. The highest BCUT2D eigenvalue weighted by atomic mass is 32.2. The van der Waals surface area contributed by atoms with Gasteiger partial charge in [-0.05, 0) is 37.6 Å². The van der Waals surface area contributed by atoms with Crippen molar-refractivity contribution < 1.29 is 17.9 Å². The first kappa shape index (κ1) is 21.9. The summed E-state index contributed by atoms with van der Waals surface area (Å²) in [6.45, 7) is 7.55. The molecule has 0 N–H and O–H groups in total. The van der Waals surface area contributed by atoms with Crippen molar-refractivity contribution in [3.05, 3.63) is 47.8 Å². The van der Waals surface area contributed by atoms with Gasteiger partial charge in [0.05, 0.1) is 13.2 Å². The van der Waals surface area contributed by atoms with Gasteiger partial charge in [0.25, 0.3) is 5.91 Å². The number of hydrogen-bond acceptors (Lipinski definition) is 5. The van der Waals surface area contributed by atoms with Crippen molar-refractivity contribution in [2.75, 3.05) is 50.8 Å². The van der Waals surface area contributed by atoms with Crippen LogP contribution in [-0.2, 0) is 21.8 Å². The summed E-state index contributed by atoms with van der Waals surface area (Å²) in [4.78, 5) is 17.5. The second kappa shape index (κ2) is 8.64. The molecule has 8 nitrogen and oxygen atoms in total. The monoisotopic (exact) mass is 446 g/mol. The van der Waals surface area contributed by atoms with Crippen LogP contribution in [0.1, 0.15) is 23.0 Å². The van der Waals surface area contributed by atoms with Crippen LogP contribution in [0.2, 0.25) is 0 Å². The Kier molecular flexibility index (Phi) is 6.09. The summed E-state index contributed by atoms with van der Waals surface area (Å²) in [6.07, 6.45) is 1.53. The Balaban J connectivity index is 1.49. The first-order valence-corrected chi connectivity index (χ1v) is 12.1. The number of anilines is 1. The van der Waals surface area contributed by atoms with Crippen LogP contribution in [0.25, 0.3) is 0 Å². The summed E-state index contributed by atoms with van der Waals surface area (Å²) in [5.41, 5.74) is 2.77. The molecule has 1 amide bonds. The van der Waals surface area contributed by atoms with E-state index in [1.807, 2.05) is 4.90 Å². The number of aromatic nitrogens is 1. The molecule has 1 atom stereocenters. The second-order valence-electron chi connectivity index (χ2n) is 8.32. The van der Waals surface area contributed by atoms with Crippen molar-refractivity contribution in [1.82, 2.24) is 13.8 Å². The summed E-state index contributed by atoms with van der Waals surface area (Å²) < 4.78 is 34.2. The molecule has 31 heavy (non-hydrogen) atoms. The lowest BCUT2D eigenvalue weighted by Crippen LogP contribution is -2.54. The highest BCUT2D eigenvalue weighted by Crippen LogP contribution is 2.24. The van der Waals surface area contributed by atoms with E-state index in [1.165, 1.54) is 22.1 Å². The molecule has 0 bridgehead atoms. The lowest BCUT2D eigenvalue weighted by Gasteiger charge is -2.41. The van der Waals surface area contributed by atoms with Crippen LogP contribution in [0.15, 0.2) is 41.4 Å². The van der Waals surface area contributed by atoms with Gasteiger partial charge in [-0.2, -0.15) is 4.31 Å². The molecular formula is C22H30N4O4S. The van der Waals surface area contributed by atoms with Crippen LogP contribution in [0.5, 0.6) is 0 Å². The van der Waals surface area contributed by atoms with Gasteiger partial charge in [-0.1, -0.05) is 12.1 Å². The summed E-state index contributed by atoms with van der Waals surface area (Å²) in [5, 5.41) is 0. The number of morpholine rings is 1. The number of aryl methyl sites for hydroxylation is 2. The number of rotatable bonds is 4. The van der Waals surface area contributed by atoms with E-state index in [9.17, 15) is 13.2 Å². The molecule has 168 valence electrons. The van der Waals surface area contributed by atoms with Gasteiger partial charge in [0.15, 0.2) is 0 Å². The molecule has 4 rings (SSSR count). The van der Waals surface area contributed by atoms with Gasteiger partial charge < -0.3 is 19.1 Å². The van der Waals surface area contributed by atoms with Gasteiger partial charge in [-0.3, -0.25) is 4.79 Å². The highest BCUT2D eigenvalue weighted by Gasteiger charge is 2.32. The Labute approximate surface area is 184 Å². The minimum Gasteiger partial charge on any atom is -0.379 e. The van der Waals surface area contributed by atoms with Gasteiger partial charge in [-0.25, -0.2) is 8.42 Å². The third-order valence-electron chi connectivity index (χ3n) is 6.05. The molecule has 2 aliphatic rings. The van der Waals surface area contributed by atoms with Gasteiger partial charge in [0, 0.05) is 57.7 Å². The molecule has 0 unspecified atom stereocenters. The van der Waals surface area contributed by atoms with Crippen molar-refractivity contribution in [2.45, 2.75) is 24.8 Å². The zero-order chi connectivity index (χ0) is 22.2. The molecule has 2 fully saturated rings.